The molecule has 3 nitrogen and oxygen atoms in total. The SMILES string of the molecule is Cc1ccccc1-c1cccc(CNC(=O)c2cc(Cl)ccc2O)c1. The van der Waals surface area contributed by atoms with Crippen molar-refractivity contribution in [2.75, 3.05) is 0 Å². The van der Waals surface area contributed by atoms with Gasteiger partial charge in [-0.1, -0.05) is 54.1 Å². The summed E-state index contributed by atoms with van der Waals surface area (Å²) < 4.78 is 0. The van der Waals surface area contributed by atoms with Crippen LogP contribution in [0.3, 0.4) is 0 Å². The van der Waals surface area contributed by atoms with Crippen LogP contribution in [0, 0.1) is 6.92 Å². The third kappa shape index (κ3) is 4.01. The second-order valence-corrected chi connectivity index (χ2v) is 6.30. The molecule has 0 unspecified atom stereocenters. The number of benzene rings is 3. The molecule has 3 aromatic rings. The van der Waals surface area contributed by atoms with Gasteiger partial charge < -0.3 is 10.4 Å². The molecule has 2 N–H and O–H groups in total. The molecule has 0 heterocycles. The van der Waals surface area contributed by atoms with Gasteiger partial charge in [-0.25, -0.2) is 0 Å². The van der Waals surface area contributed by atoms with Crippen molar-refractivity contribution in [3.8, 4) is 16.9 Å². The number of carbonyl (C=O) groups is 1. The topological polar surface area (TPSA) is 49.3 Å². The molecule has 0 bridgehead atoms. The standard InChI is InChI=1S/C21H18ClNO2/c1-14-5-2-3-8-18(14)16-7-4-6-15(11-16)13-23-21(25)19-12-17(22)9-10-20(19)24/h2-12,24H,13H2,1H3,(H,23,25). The molecule has 0 aliphatic rings. The van der Waals surface area contributed by atoms with Crippen LogP contribution in [0.15, 0.2) is 66.7 Å². The van der Waals surface area contributed by atoms with Crippen molar-refractivity contribution in [1.29, 1.82) is 0 Å². The van der Waals surface area contributed by atoms with Crippen LogP contribution in [0.5, 0.6) is 5.75 Å². The van der Waals surface area contributed by atoms with Gasteiger partial charge >= 0.3 is 0 Å². The van der Waals surface area contributed by atoms with Crippen molar-refractivity contribution in [3.63, 3.8) is 0 Å². The highest BCUT2D eigenvalue weighted by Crippen LogP contribution is 2.24. The summed E-state index contributed by atoms with van der Waals surface area (Å²) in [5, 5.41) is 13.0. The minimum Gasteiger partial charge on any atom is -0.507 e. The first-order chi connectivity index (χ1) is 12.0. The highest BCUT2D eigenvalue weighted by Gasteiger charge is 2.11. The maximum Gasteiger partial charge on any atom is 0.255 e. The van der Waals surface area contributed by atoms with E-state index in [9.17, 15) is 9.90 Å². The Labute approximate surface area is 151 Å². The van der Waals surface area contributed by atoms with Gasteiger partial charge in [-0.3, -0.25) is 4.79 Å². The fraction of sp³-hybridized carbons (Fsp3) is 0.0952. The Morgan fingerprint density at radius 3 is 2.64 bits per heavy atom. The molecular weight excluding hydrogens is 334 g/mol. The molecule has 0 spiro atoms. The first-order valence-corrected chi connectivity index (χ1v) is 8.34. The summed E-state index contributed by atoms with van der Waals surface area (Å²) in [7, 11) is 0. The average Bonchev–Trinajstić information content (AvgIpc) is 2.62. The molecule has 25 heavy (non-hydrogen) atoms. The van der Waals surface area contributed by atoms with E-state index in [0.717, 1.165) is 11.1 Å². The van der Waals surface area contributed by atoms with Gasteiger partial charge in [-0.05, 0) is 53.4 Å². The number of phenolic OH excluding ortho intramolecular Hbond substituents is 1. The van der Waals surface area contributed by atoms with Crippen molar-refractivity contribution < 1.29 is 9.90 Å². The van der Waals surface area contributed by atoms with Gasteiger partial charge in [0.2, 0.25) is 0 Å². The number of carbonyl (C=O) groups excluding carboxylic acids is 1. The zero-order valence-corrected chi connectivity index (χ0v) is 14.5. The summed E-state index contributed by atoms with van der Waals surface area (Å²) in [5.41, 5.74) is 4.63. The van der Waals surface area contributed by atoms with Crippen molar-refractivity contribution in [2.45, 2.75) is 13.5 Å². The average molecular weight is 352 g/mol. The quantitative estimate of drug-likeness (QED) is 0.698. The molecule has 0 aliphatic heterocycles. The van der Waals surface area contributed by atoms with Crippen LogP contribution in [0.4, 0.5) is 0 Å². The number of nitrogens with one attached hydrogen (secondary N) is 1. The summed E-state index contributed by atoms with van der Waals surface area (Å²) in [6.07, 6.45) is 0. The Morgan fingerprint density at radius 2 is 1.84 bits per heavy atom. The number of aromatic hydroxyl groups is 1. The molecule has 0 aromatic heterocycles. The van der Waals surface area contributed by atoms with Gasteiger partial charge in [0.25, 0.3) is 5.91 Å². The molecule has 3 rings (SSSR count). The molecule has 126 valence electrons. The second-order valence-electron chi connectivity index (χ2n) is 5.86. The van der Waals surface area contributed by atoms with Crippen LogP contribution in [-0.2, 0) is 6.54 Å². The predicted octanol–water partition coefficient (Wildman–Crippen LogP) is 4.95. The van der Waals surface area contributed by atoms with Crippen molar-refractivity contribution in [1.82, 2.24) is 5.32 Å². The predicted molar refractivity (Wildman–Crippen MR) is 101 cm³/mol. The fourth-order valence-corrected chi connectivity index (χ4v) is 2.89. The molecule has 0 atom stereocenters. The lowest BCUT2D eigenvalue weighted by molar-refractivity contribution is 0.0948. The Hall–Kier alpha value is -2.78. The second kappa shape index (κ2) is 7.41. The highest BCUT2D eigenvalue weighted by molar-refractivity contribution is 6.31. The van der Waals surface area contributed by atoms with E-state index in [2.05, 4.69) is 36.5 Å². The van der Waals surface area contributed by atoms with E-state index in [1.165, 1.54) is 23.3 Å². The normalized spacial score (nSPS) is 10.5. The van der Waals surface area contributed by atoms with Crippen LogP contribution >= 0.6 is 11.6 Å². The largest absolute Gasteiger partial charge is 0.507 e. The molecule has 4 heteroatoms. The van der Waals surface area contributed by atoms with E-state index in [4.69, 9.17) is 11.6 Å². The third-order valence-electron chi connectivity index (χ3n) is 4.04. The fourth-order valence-electron chi connectivity index (χ4n) is 2.71. The van der Waals surface area contributed by atoms with Crippen LogP contribution in [0.1, 0.15) is 21.5 Å². The van der Waals surface area contributed by atoms with Gasteiger partial charge in [0.1, 0.15) is 5.75 Å². The first kappa shape index (κ1) is 17.1. The van der Waals surface area contributed by atoms with E-state index in [1.807, 2.05) is 24.3 Å². The van der Waals surface area contributed by atoms with Crippen molar-refractivity contribution in [3.05, 3.63) is 88.4 Å². The Morgan fingerprint density at radius 1 is 1.04 bits per heavy atom. The summed E-state index contributed by atoms with van der Waals surface area (Å²) in [5.74, 6) is -0.447. The number of rotatable bonds is 4. The molecule has 0 aliphatic carbocycles. The summed E-state index contributed by atoms with van der Waals surface area (Å²) >= 11 is 5.89. The lowest BCUT2D eigenvalue weighted by atomic mass is 9.99. The van der Waals surface area contributed by atoms with Crippen LogP contribution in [-0.4, -0.2) is 11.0 Å². The molecule has 1 amide bonds. The van der Waals surface area contributed by atoms with E-state index >= 15 is 0 Å². The van der Waals surface area contributed by atoms with Crippen LogP contribution < -0.4 is 5.32 Å². The minimum absolute atomic E-state index is 0.0874. The summed E-state index contributed by atoms with van der Waals surface area (Å²) in [4.78, 5) is 12.3. The van der Waals surface area contributed by atoms with Crippen molar-refractivity contribution >= 4 is 17.5 Å². The Kier molecular flexibility index (Phi) is 5.05. The third-order valence-corrected chi connectivity index (χ3v) is 4.27. The monoisotopic (exact) mass is 351 g/mol. The highest BCUT2D eigenvalue weighted by atomic mass is 35.5. The molecule has 3 aromatic carbocycles. The van der Waals surface area contributed by atoms with Crippen molar-refractivity contribution in [2.24, 2.45) is 0 Å². The number of hydrogen-bond acceptors (Lipinski definition) is 2. The molecule has 0 saturated heterocycles. The van der Waals surface area contributed by atoms with E-state index < -0.39 is 0 Å². The zero-order valence-electron chi connectivity index (χ0n) is 13.8. The van der Waals surface area contributed by atoms with E-state index in [1.54, 1.807) is 6.07 Å². The lowest BCUT2D eigenvalue weighted by Gasteiger charge is -2.10. The number of aryl methyl sites for hydroxylation is 1. The molecule has 0 radical (unpaired) electrons. The zero-order chi connectivity index (χ0) is 17.8. The summed E-state index contributed by atoms with van der Waals surface area (Å²) in [6, 6.07) is 20.6. The van der Waals surface area contributed by atoms with Crippen LogP contribution in [0.2, 0.25) is 5.02 Å². The molecular formula is C21H18ClNO2. The Bertz CT molecular complexity index is 921. The van der Waals surface area contributed by atoms with Gasteiger partial charge in [-0.15, -0.1) is 0 Å². The first-order valence-electron chi connectivity index (χ1n) is 7.96. The van der Waals surface area contributed by atoms with Crippen LogP contribution in [0.25, 0.3) is 11.1 Å². The molecule has 0 saturated carbocycles. The number of hydrogen-bond donors (Lipinski definition) is 2. The smallest absolute Gasteiger partial charge is 0.255 e. The van der Waals surface area contributed by atoms with Gasteiger partial charge in [0.15, 0.2) is 0 Å². The van der Waals surface area contributed by atoms with Gasteiger partial charge in [0.05, 0.1) is 5.56 Å². The Balaban J connectivity index is 1.76. The van der Waals surface area contributed by atoms with E-state index in [-0.39, 0.29) is 17.2 Å². The summed E-state index contributed by atoms with van der Waals surface area (Å²) in [6.45, 7) is 2.44. The lowest BCUT2D eigenvalue weighted by Crippen LogP contribution is -2.22. The molecule has 0 fully saturated rings. The number of halogens is 1. The maximum absolute atomic E-state index is 12.3. The number of amides is 1. The number of phenols is 1. The van der Waals surface area contributed by atoms with Gasteiger partial charge in [-0.2, -0.15) is 0 Å². The van der Waals surface area contributed by atoms with E-state index in [0.29, 0.717) is 11.6 Å². The maximum atomic E-state index is 12.3. The van der Waals surface area contributed by atoms with Gasteiger partial charge in [0, 0.05) is 11.6 Å². The minimum atomic E-state index is -0.360.